The number of nitrogens with one attached hydrogen (secondary N) is 3. The fraction of sp³-hybridized carbons (Fsp3) is 0.455. The molecule has 2 bridgehead atoms. The summed E-state index contributed by atoms with van der Waals surface area (Å²) >= 11 is 0. The minimum absolute atomic E-state index is 0. The molecule has 31 heavy (non-hydrogen) atoms. The Morgan fingerprint density at radius 2 is 1.68 bits per heavy atom. The average molecular weight is 537 g/mol. The van der Waals surface area contributed by atoms with Crippen LogP contribution in [0.25, 0.3) is 0 Å². The summed E-state index contributed by atoms with van der Waals surface area (Å²) in [6, 6.07) is 7.31. The molecule has 1 aromatic carbocycles. The molecule has 4 rings (SSSR count). The molecule has 3 N–H and O–H groups in total. The van der Waals surface area contributed by atoms with E-state index in [9.17, 15) is 14.4 Å². The van der Waals surface area contributed by atoms with Crippen LogP contribution in [0.15, 0.2) is 41.4 Å². The van der Waals surface area contributed by atoms with Crippen molar-refractivity contribution < 1.29 is 14.4 Å². The van der Waals surface area contributed by atoms with Gasteiger partial charge in [0.2, 0.25) is 11.8 Å². The molecule has 1 saturated carbocycles. The molecule has 1 saturated heterocycles. The van der Waals surface area contributed by atoms with Crippen LogP contribution in [0.3, 0.4) is 0 Å². The zero-order chi connectivity index (χ0) is 21.3. The summed E-state index contributed by atoms with van der Waals surface area (Å²) in [5.41, 5.74) is 1.61. The molecule has 1 aromatic rings. The highest BCUT2D eigenvalue weighted by Gasteiger charge is 2.58. The van der Waals surface area contributed by atoms with Gasteiger partial charge in [0, 0.05) is 39.3 Å². The van der Waals surface area contributed by atoms with Gasteiger partial charge >= 0.3 is 0 Å². The Labute approximate surface area is 198 Å². The van der Waals surface area contributed by atoms with Gasteiger partial charge in [-0.1, -0.05) is 24.3 Å². The van der Waals surface area contributed by atoms with E-state index in [4.69, 9.17) is 0 Å². The van der Waals surface area contributed by atoms with Crippen LogP contribution in [0.5, 0.6) is 0 Å². The van der Waals surface area contributed by atoms with Crippen molar-refractivity contribution >= 4 is 47.7 Å². The molecule has 0 spiro atoms. The van der Waals surface area contributed by atoms with Gasteiger partial charge in [0.15, 0.2) is 5.96 Å². The first-order valence-electron chi connectivity index (χ1n) is 10.3. The van der Waals surface area contributed by atoms with Gasteiger partial charge in [-0.25, -0.2) is 0 Å². The number of rotatable bonds is 6. The quantitative estimate of drug-likeness (QED) is 0.166. The Morgan fingerprint density at radius 1 is 1.06 bits per heavy atom. The number of carbonyl (C=O) groups is 3. The van der Waals surface area contributed by atoms with Gasteiger partial charge < -0.3 is 16.0 Å². The molecule has 2 fully saturated rings. The number of aliphatic imine (C=N–C) groups is 1. The van der Waals surface area contributed by atoms with Crippen LogP contribution in [0, 0.1) is 23.7 Å². The summed E-state index contributed by atoms with van der Waals surface area (Å²) in [4.78, 5) is 42.6. The molecule has 9 heteroatoms. The van der Waals surface area contributed by atoms with Gasteiger partial charge in [-0.05, 0) is 36.0 Å². The Balaban J connectivity index is 0.00000272. The third-order valence-corrected chi connectivity index (χ3v) is 6.32. The molecule has 0 radical (unpaired) electrons. The summed E-state index contributed by atoms with van der Waals surface area (Å²) in [6.07, 6.45) is 5.15. The molecule has 0 aromatic heterocycles. The number of guanidine groups is 1. The predicted molar refractivity (Wildman–Crippen MR) is 128 cm³/mol. The van der Waals surface area contributed by atoms with Crippen LogP contribution in [-0.2, 0) is 16.1 Å². The maximum atomic E-state index is 12.7. The second-order valence-corrected chi connectivity index (χ2v) is 7.96. The van der Waals surface area contributed by atoms with Crippen LogP contribution in [-0.4, -0.2) is 55.8 Å². The number of hydrogen-bond acceptors (Lipinski definition) is 4. The highest BCUT2D eigenvalue weighted by molar-refractivity contribution is 14.0. The first-order valence-corrected chi connectivity index (χ1v) is 10.3. The molecular weight excluding hydrogens is 509 g/mol. The van der Waals surface area contributed by atoms with Crippen molar-refractivity contribution in [1.29, 1.82) is 0 Å². The second-order valence-electron chi connectivity index (χ2n) is 7.96. The van der Waals surface area contributed by atoms with Gasteiger partial charge in [-0.15, -0.1) is 24.0 Å². The lowest BCUT2D eigenvalue weighted by molar-refractivity contribution is -0.140. The van der Waals surface area contributed by atoms with Crippen molar-refractivity contribution in [3.05, 3.63) is 47.5 Å². The maximum Gasteiger partial charge on any atom is 0.251 e. The Kier molecular flexibility index (Phi) is 7.34. The Hall–Kier alpha value is -2.43. The first kappa shape index (κ1) is 23.2. The van der Waals surface area contributed by atoms with E-state index in [-0.39, 0.29) is 65.4 Å². The largest absolute Gasteiger partial charge is 0.355 e. The van der Waals surface area contributed by atoms with E-state index < -0.39 is 0 Å². The molecule has 4 unspecified atom stereocenters. The van der Waals surface area contributed by atoms with Crippen molar-refractivity contribution in [2.75, 3.05) is 27.2 Å². The highest BCUT2D eigenvalue weighted by atomic mass is 127. The summed E-state index contributed by atoms with van der Waals surface area (Å²) in [5.74, 6) is 0.589. The van der Waals surface area contributed by atoms with E-state index in [1.165, 1.54) is 4.90 Å². The minimum atomic E-state index is -0.150. The zero-order valence-corrected chi connectivity index (χ0v) is 20.0. The van der Waals surface area contributed by atoms with Crippen molar-refractivity contribution in [2.45, 2.75) is 13.0 Å². The van der Waals surface area contributed by atoms with Crippen LogP contribution in [0.4, 0.5) is 0 Å². The van der Waals surface area contributed by atoms with E-state index in [1.807, 2.05) is 12.1 Å². The number of halogens is 1. The van der Waals surface area contributed by atoms with Crippen LogP contribution in [0.2, 0.25) is 0 Å². The number of fused-ring (bicyclic) bond motifs is 5. The van der Waals surface area contributed by atoms with Gasteiger partial charge in [-0.3, -0.25) is 24.3 Å². The third-order valence-electron chi connectivity index (χ3n) is 6.32. The van der Waals surface area contributed by atoms with E-state index in [0.717, 1.165) is 12.0 Å². The molecule has 166 valence electrons. The molecule has 4 atom stereocenters. The summed E-state index contributed by atoms with van der Waals surface area (Å²) in [6.45, 7) is 1.31. The fourth-order valence-electron chi connectivity index (χ4n) is 4.80. The van der Waals surface area contributed by atoms with E-state index in [1.54, 1.807) is 26.2 Å². The number of amides is 3. The molecule has 3 aliphatic rings. The van der Waals surface area contributed by atoms with E-state index in [0.29, 0.717) is 31.2 Å². The van der Waals surface area contributed by atoms with Crippen molar-refractivity contribution in [2.24, 2.45) is 28.7 Å². The van der Waals surface area contributed by atoms with Gasteiger partial charge in [-0.2, -0.15) is 0 Å². The average Bonchev–Trinajstić information content (AvgIpc) is 3.45. The number of imide groups is 1. The molecular formula is C22H28IN5O3. The Morgan fingerprint density at radius 3 is 2.23 bits per heavy atom. The van der Waals surface area contributed by atoms with Gasteiger partial charge in [0.1, 0.15) is 0 Å². The number of carbonyl (C=O) groups excluding carboxylic acids is 3. The Bertz CT molecular complexity index is 884. The van der Waals surface area contributed by atoms with Crippen molar-refractivity contribution in [1.82, 2.24) is 20.9 Å². The summed E-state index contributed by atoms with van der Waals surface area (Å²) in [7, 11) is 3.27. The normalized spacial score (nSPS) is 26.0. The number of likely N-dealkylation sites (tertiary alicyclic amines) is 1. The predicted octanol–water partition coefficient (Wildman–Crippen LogP) is 1.14. The maximum absolute atomic E-state index is 12.7. The molecule has 2 aliphatic carbocycles. The smallest absolute Gasteiger partial charge is 0.251 e. The minimum Gasteiger partial charge on any atom is -0.355 e. The van der Waals surface area contributed by atoms with Gasteiger partial charge in [0.05, 0.1) is 11.8 Å². The molecule has 8 nitrogen and oxygen atoms in total. The standard InChI is InChI=1S/C22H27N5O3.HI/c1-23-19(28)14-5-3-13(4-6-14)12-26-22(24-2)25-9-10-27-20(29)17-15-7-8-16(11-15)18(17)21(27)30;/h3-8,15-18H,9-12H2,1-2H3,(H,23,28)(H2,24,25,26);1H. The number of allylic oxidation sites excluding steroid dienone is 2. The SMILES string of the molecule is CN=C(NCCN1C(=O)C2C3C=CC(C3)C2C1=O)NCc1ccc(C(=O)NC)cc1.I. The monoisotopic (exact) mass is 537 g/mol. The second kappa shape index (κ2) is 9.80. The van der Waals surface area contributed by atoms with E-state index >= 15 is 0 Å². The van der Waals surface area contributed by atoms with Crippen LogP contribution >= 0.6 is 24.0 Å². The van der Waals surface area contributed by atoms with Crippen LogP contribution in [0.1, 0.15) is 22.3 Å². The number of nitrogens with zero attached hydrogens (tertiary/aromatic N) is 2. The van der Waals surface area contributed by atoms with Crippen molar-refractivity contribution in [3.63, 3.8) is 0 Å². The van der Waals surface area contributed by atoms with Gasteiger partial charge in [0.25, 0.3) is 5.91 Å². The lowest BCUT2D eigenvalue weighted by Crippen LogP contribution is -2.43. The van der Waals surface area contributed by atoms with E-state index in [2.05, 4.69) is 33.1 Å². The van der Waals surface area contributed by atoms with Crippen molar-refractivity contribution in [3.8, 4) is 0 Å². The molecule has 3 amide bonds. The first-order chi connectivity index (χ1) is 14.5. The van der Waals surface area contributed by atoms with Crippen LogP contribution < -0.4 is 16.0 Å². The summed E-state index contributed by atoms with van der Waals surface area (Å²) in [5, 5.41) is 8.96. The number of benzene rings is 1. The zero-order valence-electron chi connectivity index (χ0n) is 17.6. The molecule has 1 aliphatic heterocycles. The molecule has 1 heterocycles. The lowest BCUT2D eigenvalue weighted by Gasteiger charge is -2.18. The topological polar surface area (TPSA) is 103 Å². The third kappa shape index (κ3) is 4.46. The highest BCUT2D eigenvalue weighted by Crippen LogP contribution is 2.52. The fourth-order valence-corrected chi connectivity index (χ4v) is 4.80. The lowest BCUT2D eigenvalue weighted by atomic mass is 9.85. The summed E-state index contributed by atoms with van der Waals surface area (Å²) < 4.78 is 0. The number of hydrogen-bond donors (Lipinski definition) is 3.